The van der Waals surface area contributed by atoms with E-state index in [0.29, 0.717) is 5.16 Å². The highest BCUT2D eigenvalue weighted by Gasteiger charge is 2.18. The molecule has 5 rings (SSSR count). The lowest BCUT2D eigenvalue weighted by atomic mass is 9.99. The number of carbonyl (C=O) groups is 1. The normalized spacial score (nSPS) is 11.1. The molecule has 0 atom stereocenters. The van der Waals surface area contributed by atoms with E-state index in [-0.39, 0.29) is 17.7 Å². The molecule has 0 saturated heterocycles. The van der Waals surface area contributed by atoms with Crippen LogP contribution < -0.4 is 5.32 Å². The first-order valence-corrected chi connectivity index (χ1v) is 11.6. The van der Waals surface area contributed by atoms with Crippen LogP contribution in [0.15, 0.2) is 108 Å². The average Bonchev–Trinajstić information content (AvgIpc) is 3.35. The largest absolute Gasteiger partial charge is 0.344 e. The predicted molar refractivity (Wildman–Crippen MR) is 130 cm³/mol. The van der Waals surface area contributed by atoms with Crippen molar-refractivity contribution in [3.05, 3.63) is 114 Å². The topological polar surface area (TPSA) is 72.7 Å². The first-order valence-electron chi connectivity index (χ1n) is 10.6. The summed E-state index contributed by atoms with van der Waals surface area (Å²) in [6.45, 7) is 0. The van der Waals surface area contributed by atoms with Gasteiger partial charge >= 0.3 is 0 Å². The molecule has 0 unspecified atom stereocenters. The molecule has 0 saturated carbocycles. The molecule has 0 aliphatic rings. The smallest absolute Gasteiger partial charge is 0.231 e. The number of hydrogen-bond acceptors (Lipinski definition) is 5. The van der Waals surface area contributed by atoms with Crippen molar-refractivity contribution >= 4 is 28.4 Å². The van der Waals surface area contributed by atoms with Gasteiger partial charge in [-0.25, -0.2) is 0 Å². The number of rotatable bonds is 7. The summed E-state index contributed by atoms with van der Waals surface area (Å²) in [6, 6.07) is 33.8. The van der Waals surface area contributed by atoms with E-state index in [9.17, 15) is 4.79 Å². The molecule has 1 N–H and O–H groups in total. The van der Waals surface area contributed by atoms with Gasteiger partial charge < -0.3 is 5.32 Å². The fourth-order valence-corrected chi connectivity index (χ4v) is 4.49. The molecule has 0 fully saturated rings. The summed E-state index contributed by atoms with van der Waals surface area (Å²) in [5.74, 6) is 0.103. The average molecular weight is 452 g/mol. The van der Waals surface area contributed by atoms with Gasteiger partial charge in [-0.1, -0.05) is 109 Å². The molecular formula is C26H21N5OS. The third kappa shape index (κ3) is 4.63. The summed E-state index contributed by atoms with van der Waals surface area (Å²) in [4.78, 5) is 12.9. The number of carbonyl (C=O) groups excluding carboxylic acids is 1. The van der Waals surface area contributed by atoms with E-state index in [1.54, 1.807) is 4.68 Å². The molecule has 0 spiro atoms. The molecular weight excluding hydrogens is 430 g/mol. The van der Waals surface area contributed by atoms with E-state index in [2.05, 4.69) is 33.0 Å². The van der Waals surface area contributed by atoms with Gasteiger partial charge in [-0.2, -0.15) is 4.68 Å². The SMILES string of the molecule is O=C(CSc1nnnn1-c1cccc2ccccc12)NC(c1ccccc1)c1ccccc1. The molecule has 7 heteroatoms. The Balaban J connectivity index is 1.34. The maximum atomic E-state index is 12.9. The van der Waals surface area contributed by atoms with E-state index in [1.165, 1.54) is 11.8 Å². The van der Waals surface area contributed by atoms with Gasteiger partial charge in [-0.3, -0.25) is 4.79 Å². The number of benzene rings is 4. The molecule has 6 nitrogen and oxygen atoms in total. The molecule has 0 aliphatic carbocycles. The zero-order chi connectivity index (χ0) is 22.5. The number of amides is 1. The van der Waals surface area contributed by atoms with Gasteiger partial charge in [0.05, 0.1) is 17.5 Å². The van der Waals surface area contributed by atoms with Crippen molar-refractivity contribution in [3.63, 3.8) is 0 Å². The van der Waals surface area contributed by atoms with Crippen LogP contribution in [0, 0.1) is 0 Å². The van der Waals surface area contributed by atoms with Crippen LogP contribution in [-0.4, -0.2) is 31.9 Å². The van der Waals surface area contributed by atoms with E-state index >= 15 is 0 Å². The fraction of sp³-hybridized carbons (Fsp3) is 0.0769. The van der Waals surface area contributed by atoms with Gasteiger partial charge in [0.25, 0.3) is 0 Å². The van der Waals surface area contributed by atoms with E-state index in [0.717, 1.165) is 27.6 Å². The summed E-state index contributed by atoms with van der Waals surface area (Å²) in [7, 11) is 0. The molecule has 0 radical (unpaired) electrons. The van der Waals surface area contributed by atoms with Crippen molar-refractivity contribution in [2.45, 2.75) is 11.2 Å². The summed E-state index contributed by atoms with van der Waals surface area (Å²) in [5.41, 5.74) is 2.94. The number of nitrogens with one attached hydrogen (secondary N) is 1. The van der Waals surface area contributed by atoms with Crippen LogP contribution in [0.4, 0.5) is 0 Å². The maximum Gasteiger partial charge on any atom is 0.231 e. The Labute approximate surface area is 195 Å². The molecule has 4 aromatic carbocycles. The molecule has 1 amide bonds. The molecule has 162 valence electrons. The second kappa shape index (κ2) is 9.67. The second-order valence-corrected chi connectivity index (χ2v) is 8.42. The van der Waals surface area contributed by atoms with Crippen molar-refractivity contribution in [1.29, 1.82) is 0 Å². The Morgan fingerprint density at radius 2 is 1.45 bits per heavy atom. The van der Waals surface area contributed by atoms with Crippen molar-refractivity contribution in [1.82, 2.24) is 25.5 Å². The summed E-state index contributed by atoms with van der Waals surface area (Å²) < 4.78 is 1.69. The molecule has 0 bridgehead atoms. The highest BCUT2D eigenvalue weighted by Crippen LogP contribution is 2.26. The zero-order valence-electron chi connectivity index (χ0n) is 17.7. The van der Waals surface area contributed by atoms with Gasteiger partial charge in [0.2, 0.25) is 11.1 Å². The Kier molecular flexibility index (Phi) is 6.12. The van der Waals surface area contributed by atoms with Crippen LogP contribution in [0.2, 0.25) is 0 Å². The number of thioether (sulfide) groups is 1. The first kappa shape index (κ1) is 20.9. The number of tetrazole rings is 1. The number of aromatic nitrogens is 4. The van der Waals surface area contributed by atoms with Gasteiger partial charge in [-0.15, -0.1) is 5.10 Å². The monoisotopic (exact) mass is 451 g/mol. The summed E-state index contributed by atoms with van der Waals surface area (Å²) >= 11 is 1.31. The van der Waals surface area contributed by atoms with E-state index in [4.69, 9.17) is 0 Å². The Bertz CT molecular complexity index is 1330. The van der Waals surface area contributed by atoms with Crippen LogP contribution in [-0.2, 0) is 4.79 Å². The molecule has 5 aromatic rings. The Morgan fingerprint density at radius 1 is 0.818 bits per heavy atom. The fourth-order valence-electron chi connectivity index (χ4n) is 3.80. The van der Waals surface area contributed by atoms with Crippen LogP contribution in [0.5, 0.6) is 0 Å². The van der Waals surface area contributed by atoms with Crippen LogP contribution in [0.3, 0.4) is 0 Å². The summed E-state index contributed by atoms with van der Waals surface area (Å²) in [5, 5.41) is 18.1. The first-order chi connectivity index (χ1) is 16.3. The second-order valence-electron chi connectivity index (χ2n) is 7.48. The van der Waals surface area contributed by atoms with Crippen LogP contribution >= 0.6 is 11.8 Å². The molecule has 33 heavy (non-hydrogen) atoms. The van der Waals surface area contributed by atoms with Crippen molar-refractivity contribution in [2.24, 2.45) is 0 Å². The van der Waals surface area contributed by atoms with E-state index < -0.39 is 0 Å². The lowest BCUT2D eigenvalue weighted by Gasteiger charge is -2.19. The Morgan fingerprint density at radius 3 is 2.18 bits per heavy atom. The number of fused-ring (bicyclic) bond motifs is 1. The van der Waals surface area contributed by atoms with Gasteiger partial charge in [0.15, 0.2) is 0 Å². The van der Waals surface area contributed by atoms with Crippen LogP contribution in [0.25, 0.3) is 16.5 Å². The quantitative estimate of drug-likeness (QED) is 0.360. The van der Waals surface area contributed by atoms with Crippen molar-refractivity contribution in [2.75, 3.05) is 5.75 Å². The highest BCUT2D eigenvalue weighted by molar-refractivity contribution is 7.99. The number of nitrogens with zero attached hydrogens (tertiary/aromatic N) is 4. The lowest BCUT2D eigenvalue weighted by molar-refractivity contribution is -0.119. The lowest BCUT2D eigenvalue weighted by Crippen LogP contribution is -2.30. The van der Waals surface area contributed by atoms with E-state index in [1.807, 2.05) is 91.0 Å². The zero-order valence-corrected chi connectivity index (χ0v) is 18.5. The molecule has 1 aromatic heterocycles. The predicted octanol–water partition coefficient (Wildman–Crippen LogP) is 4.81. The minimum Gasteiger partial charge on any atom is -0.344 e. The standard InChI is InChI=1S/C26H21N5OS/c32-24(27-25(20-11-3-1-4-12-20)21-13-5-2-6-14-21)18-33-26-28-29-30-31(26)23-17-9-15-19-10-7-8-16-22(19)23/h1-17,25H,18H2,(H,27,32). The van der Waals surface area contributed by atoms with Crippen molar-refractivity contribution in [3.8, 4) is 5.69 Å². The number of hydrogen-bond donors (Lipinski definition) is 1. The van der Waals surface area contributed by atoms with Gasteiger partial charge in [-0.05, 0) is 33.0 Å². The third-order valence-corrected chi connectivity index (χ3v) is 6.26. The molecule has 1 heterocycles. The van der Waals surface area contributed by atoms with Gasteiger partial charge in [0.1, 0.15) is 0 Å². The Hall–Kier alpha value is -3.97. The van der Waals surface area contributed by atoms with Crippen molar-refractivity contribution < 1.29 is 4.79 Å². The maximum absolute atomic E-state index is 12.9. The van der Waals surface area contributed by atoms with Crippen LogP contribution in [0.1, 0.15) is 17.2 Å². The molecule has 0 aliphatic heterocycles. The summed E-state index contributed by atoms with van der Waals surface area (Å²) in [6.07, 6.45) is 0. The highest BCUT2D eigenvalue weighted by atomic mass is 32.2. The van der Waals surface area contributed by atoms with Gasteiger partial charge in [0, 0.05) is 5.39 Å². The third-order valence-electron chi connectivity index (χ3n) is 5.34. The minimum absolute atomic E-state index is 0.0924. The minimum atomic E-state index is -0.227.